The molecule has 64 valence electrons. The van der Waals surface area contributed by atoms with Gasteiger partial charge in [-0.2, -0.15) is 0 Å². The Hall–Kier alpha value is -1.24. The van der Waals surface area contributed by atoms with Gasteiger partial charge in [0.05, 0.1) is 7.11 Å². The third-order valence-electron chi connectivity index (χ3n) is 1.73. The molecule has 0 aliphatic heterocycles. The van der Waals surface area contributed by atoms with Gasteiger partial charge in [0.25, 0.3) is 0 Å². The zero-order valence-electron chi connectivity index (χ0n) is 7.63. The van der Waals surface area contributed by atoms with Crippen molar-refractivity contribution in [2.24, 2.45) is 0 Å². The number of rotatable bonds is 3. The van der Waals surface area contributed by atoms with Crippen LogP contribution in [0.2, 0.25) is 0 Å². The van der Waals surface area contributed by atoms with E-state index in [-0.39, 0.29) is 0 Å². The van der Waals surface area contributed by atoms with Crippen molar-refractivity contribution in [1.29, 1.82) is 0 Å². The third kappa shape index (κ3) is 2.12. The molecule has 1 aromatic carbocycles. The Labute approximate surface area is 73.7 Å². The summed E-state index contributed by atoms with van der Waals surface area (Å²) < 4.78 is 5.15. The summed E-state index contributed by atoms with van der Waals surface area (Å²) in [6.07, 6.45) is 2.80. The van der Waals surface area contributed by atoms with Gasteiger partial charge in [0.2, 0.25) is 0 Å². The summed E-state index contributed by atoms with van der Waals surface area (Å²) >= 11 is 0. The molecule has 0 aliphatic carbocycles. The van der Waals surface area contributed by atoms with Gasteiger partial charge in [0, 0.05) is 0 Å². The van der Waals surface area contributed by atoms with Gasteiger partial charge >= 0.3 is 0 Å². The minimum absolute atomic E-state index is 0.901. The van der Waals surface area contributed by atoms with Crippen LogP contribution in [-0.4, -0.2) is 7.11 Å². The highest BCUT2D eigenvalue weighted by Gasteiger charge is 1.96. The molecule has 0 atom stereocenters. The second-order valence-electron chi connectivity index (χ2n) is 2.85. The minimum atomic E-state index is 0.901. The van der Waals surface area contributed by atoms with E-state index in [1.165, 1.54) is 11.1 Å². The summed E-state index contributed by atoms with van der Waals surface area (Å²) in [6.45, 7) is 5.76. The Morgan fingerprint density at radius 1 is 1.42 bits per heavy atom. The molecule has 0 spiro atoms. The van der Waals surface area contributed by atoms with Crippen molar-refractivity contribution in [3.05, 3.63) is 42.0 Å². The summed E-state index contributed by atoms with van der Waals surface area (Å²) in [5.74, 6) is 0.923. The van der Waals surface area contributed by atoms with Gasteiger partial charge in [-0.25, -0.2) is 0 Å². The minimum Gasteiger partial charge on any atom is -0.497 e. The topological polar surface area (TPSA) is 9.23 Å². The molecule has 1 heteroatoms. The lowest BCUT2D eigenvalue weighted by Crippen LogP contribution is -1.87. The van der Waals surface area contributed by atoms with E-state index in [0.29, 0.717) is 0 Å². The first-order valence-corrected chi connectivity index (χ1v) is 4.01. The SMILES string of the molecule is C=CCc1cc(C)cc(OC)c1. The average molecular weight is 162 g/mol. The highest BCUT2D eigenvalue weighted by molar-refractivity contribution is 5.34. The largest absolute Gasteiger partial charge is 0.497 e. The summed E-state index contributed by atoms with van der Waals surface area (Å²) in [4.78, 5) is 0. The van der Waals surface area contributed by atoms with Crippen LogP contribution in [0.3, 0.4) is 0 Å². The normalized spacial score (nSPS) is 9.50. The van der Waals surface area contributed by atoms with Gasteiger partial charge in [-0.1, -0.05) is 12.1 Å². The summed E-state index contributed by atoms with van der Waals surface area (Å²) in [5, 5.41) is 0. The van der Waals surface area contributed by atoms with E-state index < -0.39 is 0 Å². The predicted octanol–water partition coefficient (Wildman–Crippen LogP) is 2.73. The number of ether oxygens (including phenoxy) is 1. The zero-order chi connectivity index (χ0) is 8.97. The smallest absolute Gasteiger partial charge is 0.119 e. The fourth-order valence-electron chi connectivity index (χ4n) is 1.23. The number of hydrogen-bond acceptors (Lipinski definition) is 1. The van der Waals surface area contributed by atoms with Crippen molar-refractivity contribution in [2.45, 2.75) is 13.3 Å². The van der Waals surface area contributed by atoms with Gasteiger partial charge < -0.3 is 4.74 Å². The molecule has 0 aliphatic rings. The van der Waals surface area contributed by atoms with Crippen LogP contribution in [0.5, 0.6) is 5.75 Å². The van der Waals surface area contributed by atoms with Crippen LogP contribution in [0.15, 0.2) is 30.9 Å². The number of methoxy groups -OCH3 is 1. The molecule has 0 radical (unpaired) electrons. The van der Waals surface area contributed by atoms with Crippen LogP contribution in [0.25, 0.3) is 0 Å². The molecule has 0 N–H and O–H groups in total. The van der Waals surface area contributed by atoms with Crippen molar-refractivity contribution < 1.29 is 4.74 Å². The van der Waals surface area contributed by atoms with Crippen LogP contribution in [0.1, 0.15) is 11.1 Å². The number of benzene rings is 1. The van der Waals surface area contributed by atoms with Crippen molar-refractivity contribution >= 4 is 0 Å². The van der Waals surface area contributed by atoms with Crippen molar-refractivity contribution in [3.63, 3.8) is 0 Å². The van der Waals surface area contributed by atoms with E-state index in [0.717, 1.165) is 12.2 Å². The van der Waals surface area contributed by atoms with E-state index in [2.05, 4.69) is 19.6 Å². The molecule has 0 unspecified atom stereocenters. The lowest BCUT2D eigenvalue weighted by atomic mass is 10.1. The zero-order valence-corrected chi connectivity index (χ0v) is 7.63. The molecule has 0 bridgehead atoms. The molecule has 1 aromatic rings. The second kappa shape index (κ2) is 3.96. The van der Waals surface area contributed by atoms with Crippen molar-refractivity contribution in [3.8, 4) is 5.75 Å². The molecule has 1 nitrogen and oxygen atoms in total. The van der Waals surface area contributed by atoms with Crippen LogP contribution < -0.4 is 4.74 Å². The third-order valence-corrected chi connectivity index (χ3v) is 1.73. The van der Waals surface area contributed by atoms with E-state index >= 15 is 0 Å². The van der Waals surface area contributed by atoms with E-state index in [4.69, 9.17) is 4.74 Å². The Kier molecular flexibility index (Phi) is 2.92. The first-order valence-electron chi connectivity index (χ1n) is 4.01. The molecule has 0 saturated carbocycles. The van der Waals surface area contributed by atoms with E-state index in [9.17, 15) is 0 Å². The van der Waals surface area contributed by atoms with Gasteiger partial charge in [-0.05, 0) is 36.6 Å². The van der Waals surface area contributed by atoms with Gasteiger partial charge in [0.15, 0.2) is 0 Å². The predicted molar refractivity (Wildman–Crippen MR) is 51.6 cm³/mol. The highest BCUT2D eigenvalue weighted by atomic mass is 16.5. The maximum absolute atomic E-state index is 5.15. The maximum atomic E-state index is 5.15. The Bertz CT molecular complexity index is 276. The van der Waals surface area contributed by atoms with Gasteiger partial charge in [0.1, 0.15) is 5.75 Å². The standard InChI is InChI=1S/C11H14O/c1-4-5-10-6-9(2)7-11(8-10)12-3/h4,6-8H,1,5H2,2-3H3. The van der Waals surface area contributed by atoms with Crippen LogP contribution >= 0.6 is 0 Å². The van der Waals surface area contributed by atoms with Gasteiger partial charge in [-0.15, -0.1) is 6.58 Å². The first-order chi connectivity index (χ1) is 5.76. The number of allylic oxidation sites excluding steroid dienone is 1. The molecule has 12 heavy (non-hydrogen) atoms. The quantitative estimate of drug-likeness (QED) is 0.621. The molecule has 0 heterocycles. The fraction of sp³-hybridized carbons (Fsp3) is 0.273. The Balaban J connectivity index is 2.97. The molecule has 0 saturated heterocycles. The highest BCUT2D eigenvalue weighted by Crippen LogP contribution is 2.16. The lowest BCUT2D eigenvalue weighted by Gasteiger charge is -2.04. The monoisotopic (exact) mass is 162 g/mol. The lowest BCUT2D eigenvalue weighted by molar-refractivity contribution is 0.414. The van der Waals surface area contributed by atoms with Crippen molar-refractivity contribution in [1.82, 2.24) is 0 Å². The Morgan fingerprint density at radius 3 is 2.75 bits per heavy atom. The number of hydrogen-bond donors (Lipinski definition) is 0. The van der Waals surface area contributed by atoms with Crippen LogP contribution in [-0.2, 0) is 6.42 Å². The molecular weight excluding hydrogens is 148 g/mol. The first kappa shape index (κ1) is 8.85. The number of aryl methyl sites for hydroxylation is 1. The maximum Gasteiger partial charge on any atom is 0.119 e. The summed E-state index contributed by atoms with van der Waals surface area (Å²) in [5.41, 5.74) is 2.48. The Morgan fingerprint density at radius 2 is 2.17 bits per heavy atom. The average Bonchev–Trinajstić information content (AvgIpc) is 2.04. The van der Waals surface area contributed by atoms with Crippen LogP contribution in [0.4, 0.5) is 0 Å². The van der Waals surface area contributed by atoms with E-state index in [1.807, 2.05) is 18.2 Å². The fourth-order valence-corrected chi connectivity index (χ4v) is 1.23. The van der Waals surface area contributed by atoms with E-state index in [1.54, 1.807) is 7.11 Å². The van der Waals surface area contributed by atoms with Crippen LogP contribution in [0, 0.1) is 6.92 Å². The molecule has 1 rings (SSSR count). The summed E-state index contributed by atoms with van der Waals surface area (Å²) in [7, 11) is 1.69. The molecule has 0 amide bonds. The molecule has 0 aromatic heterocycles. The second-order valence-corrected chi connectivity index (χ2v) is 2.85. The molecular formula is C11H14O. The summed E-state index contributed by atoms with van der Waals surface area (Å²) in [6, 6.07) is 6.20. The van der Waals surface area contributed by atoms with Crippen molar-refractivity contribution in [2.75, 3.05) is 7.11 Å². The van der Waals surface area contributed by atoms with Gasteiger partial charge in [-0.3, -0.25) is 0 Å². The molecule has 0 fully saturated rings.